The lowest BCUT2D eigenvalue weighted by molar-refractivity contribution is -0.138. The molecule has 0 saturated heterocycles. The molecule has 2 aromatic rings. The Kier molecular flexibility index (Phi) is 8.53. The molecule has 0 aromatic heterocycles. The van der Waals surface area contributed by atoms with Crippen molar-refractivity contribution >= 4 is 47.2 Å². The van der Waals surface area contributed by atoms with Crippen LogP contribution in [0.4, 0.5) is 36.8 Å². The molecule has 0 aliphatic carbocycles. The maximum atomic E-state index is 13.2. The number of hydrogen-bond acceptors (Lipinski definition) is 4. The maximum Gasteiger partial charge on any atom is 0.417 e. The zero-order valence-corrected chi connectivity index (χ0v) is 21.2. The SMILES string of the molecule is CSCCCC1(C)CN(C(=O)N(C=O)c2ccc(C(F)(F)F)cc2)N=C1c1ccc(C(F)(F)F)c(Cl)c1. The molecule has 1 heterocycles. The maximum absolute atomic E-state index is 13.2. The Morgan fingerprint density at radius 2 is 1.78 bits per heavy atom. The summed E-state index contributed by atoms with van der Waals surface area (Å²) >= 11 is 7.52. The third kappa shape index (κ3) is 6.40. The number of nitrogens with zero attached hydrogens (tertiary/aromatic N) is 3. The Balaban J connectivity index is 1.97. The Bertz CT molecular complexity index is 1190. The van der Waals surface area contributed by atoms with Crippen LogP contribution >= 0.6 is 23.4 Å². The third-order valence-corrected chi connectivity index (χ3v) is 6.93. The van der Waals surface area contributed by atoms with E-state index in [-0.39, 0.29) is 24.2 Å². The highest BCUT2D eigenvalue weighted by molar-refractivity contribution is 7.98. The summed E-state index contributed by atoms with van der Waals surface area (Å²) in [6.07, 6.45) is -5.92. The van der Waals surface area contributed by atoms with Crippen molar-refractivity contribution < 1.29 is 35.9 Å². The number of amides is 3. The van der Waals surface area contributed by atoms with Gasteiger partial charge in [0.25, 0.3) is 0 Å². The van der Waals surface area contributed by atoms with Crippen molar-refractivity contribution in [2.45, 2.75) is 32.1 Å². The number of anilines is 1. The van der Waals surface area contributed by atoms with Crippen LogP contribution in [0.5, 0.6) is 0 Å². The second-order valence-electron chi connectivity index (χ2n) is 8.66. The number of urea groups is 1. The van der Waals surface area contributed by atoms with E-state index < -0.39 is 39.9 Å². The molecule has 0 radical (unpaired) electrons. The molecule has 5 nitrogen and oxygen atoms in total. The molecule has 1 aliphatic heterocycles. The van der Waals surface area contributed by atoms with Crippen molar-refractivity contribution in [2.75, 3.05) is 23.5 Å². The van der Waals surface area contributed by atoms with E-state index >= 15 is 0 Å². The summed E-state index contributed by atoms with van der Waals surface area (Å²) in [5, 5.41) is 4.81. The molecule has 3 amide bonds. The van der Waals surface area contributed by atoms with E-state index in [9.17, 15) is 35.9 Å². The molecule has 1 unspecified atom stereocenters. The van der Waals surface area contributed by atoms with Crippen LogP contribution in [0.2, 0.25) is 5.02 Å². The van der Waals surface area contributed by atoms with Gasteiger partial charge in [-0.1, -0.05) is 24.6 Å². The minimum absolute atomic E-state index is 0.000830. The van der Waals surface area contributed by atoms with Gasteiger partial charge in [-0.2, -0.15) is 43.2 Å². The van der Waals surface area contributed by atoms with Crippen LogP contribution < -0.4 is 4.90 Å². The van der Waals surface area contributed by atoms with Crippen LogP contribution in [0.1, 0.15) is 36.5 Å². The molecule has 37 heavy (non-hydrogen) atoms. The van der Waals surface area contributed by atoms with Gasteiger partial charge in [0.15, 0.2) is 0 Å². The van der Waals surface area contributed by atoms with E-state index in [1.807, 2.05) is 6.26 Å². The molecule has 0 spiro atoms. The van der Waals surface area contributed by atoms with E-state index in [0.29, 0.717) is 23.5 Å². The Morgan fingerprint density at radius 3 is 2.30 bits per heavy atom. The van der Waals surface area contributed by atoms with Gasteiger partial charge in [0, 0.05) is 5.41 Å². The molecule has 1 aliphatic rings. The number of thioether (sulfide) groups is 1. The molecular weight excluding hydrogens is 544 g/mol. The quantitative estimate of drug-likeness (QED) is 0.201. The number of rotatable bonds is 7. The lowest BCUT2D eigenvalue weighted by atomic mass is 9.78. The number of hydrogen-bond donors (Lipinski definition) is 0. The molecule has 0 fully saturated rings. The van der Waals surface area contributed by atoms with Crippen LogP contribution in [-0.2, 0) is 17.1 Å². The molecule has 200 valence electrons. The van der Waals surface area contributed by atoms with Gasteiger partial charge >= 0.3 is 18.4 Å². The first-order chi connectivity index (χ1) is 17.2. The molecule has 0 bridgehead atoms. The number of carbonyl (C=O) groups is 2. The van der Waals surface area contributed by atoms with Crippen molar-refractivity contribution in [2.24, 2.45) is 10.5 Å². The largest absolute Gasteiger partial charge is 0.417 e. The fraction of sp³-hybridized carbons (Fsp3) is 0.375. The lowest BCUT2D eigenvalue weighted by Crippen LogP contribution is -2.41. The molecule has 13 heteroatoms. The highest BCUT2D eigenvalue weighted by atomic mass is 35.5. The van der Waals surface area contributed by atoms with Crippen molar-refractivity contribution in [3.05, 3.63) is 64.2 Å². The summed E-state index contributed by atoms with van der Waals surface area (Å²) in [4.78, 5) is 25.6. The first-order valence-electron chi connectivity index (χ1n) is 10.9. The van der Waals surface area contributed by atoms with Crippen LogP contribution in [0, 0.1) is 5.41 Å². The first-order valence-corrected chi connectivity index (χ1v) is 12.7. The lowest BCUT2D eigenvalue weighted by Gasteiger charge is -2.27. The molecule has 0 saturated carbocycles. The van der Waals surface area contributed by atoms with Gasteiger partial charge in [-0.15, -0.1) is 0 Å². The Morgan fingerprint density at radius 1 is 1.14 bits per heavy atom. The molecule has 3 rings (SSSR count). The number of carbonyl (C=O) groups excluding carboxylic acids is 2. The van der Waals surface area contributed by atoms with Crippen LogP contribution in [0.15, 0.2) is 47.6 Å². The van der Waals surface area contributed by atoms with Crippen molar-refractivity contribution in [1.82, 2.24) is 5.01 Å². The monoisotopic (exact) mass is 565 g/mol. The second kappa shape index (κ2) is 10.9. The van der Waals surface area contributed by atoms with Gasteiger partial charge in [0.1, 0.15) is 0 Å². The zero-order valence-electron chi connectivity index (χ0n) is 19.7. The zero-order chi connectivity index (χ0) is 27.6. The fourth-order valence-corrected chi connectivity index (χ4v) is 4.77. The number of hydrazone groups is 1. The minimum Gasteiger partial charge on any atom is -0.278 e. The van der Waals surface area contributed by atoms with Gasteiger partial charge < -0.3 is 0 Å². The second-order valence-corrected chi connectivity index (χ2v) is 10.1. The average molecular weight is 566 g/mol. The highest BCUT2D eigenvalue weighted by Crippen LogP contribution is 2.40. The molecule has 0 N–H and O–H groups in total. The van der Waals surface area contributed by atoms with E-state index in [1.54, 1.807) is 18.7 Å². The number of halogens is 7. The Labute approximate surface area is 218 Å². The normalized spacial score (nSPS) is 18.1. The summed E-state index contributed by atoms with van der Waals surface area (Å²) < 4.78 is 78.3. The summed E-state index contributed by atoms with van der Waals surface area (Å²) in [6.45, 7) is 1.80. The summed E-state index contributed by atoms with van der Waals surface area (Å²) in [6, 6.07) is 5.75. The summed E-state index contributed by atoms with van der Waals surface area (Å²) in [5.41, 5.74) is -2.25. The predicted molar refractivity (Wildman–Crippen MR) is 131 cm³/mol. The average Bonchev–Trinajstić information content (AvgIpc) is 3.16. The van der Waals surface area contributed by atoms with E-state index in [4.69, 9.17) is 11.6 Å². The van der Waals surface area contributed by atoms with Gasteiger partial charge in [-0.25, -0.2) is 14.7 Å². The fourth-order valence-electron chi connectivity index (χ4n) is 4.05. The van der Waals surface area contributed by atoms with Crippen molar-refractivity contribution in [1.29, 1.82) is 0 Å². The third-order valence-electron chi connectivity index (χ3n) is 5.92. The topological polar surface area (TPSA) is 53.0 Å². The number of imide groups is 1. The minimum atomic E-state index is -4.65. The van der Waals surface area contributed by atoms with E-state index in [2.05, 4.69) is 5.10 Å². The molecular formula is C24H22ClF6N3O2S. The predicted octanol–water partition coefficient (Wildman–Crippen LogP) is 7.33. The van der Waals surface area contributed by atoms with Gasteiger partial charge in [-0.05, 0) is 66.8 Å². The number of alkyl halides is 6. The van der Waals surface area contributed by atoms with Crippen molar-refractivity contribution in [3.63, 3.8) is 0 Å². The summed E-state index contributed by atoms with van der Waals surface area (Å²) in [7, 11) is 0. The van der Waals surface area contributed by atoms with Crippen LogP contribution in [0.25, 0.3) is 0 Å². The van der Waals surface area contributed by atoms with Gasteiger partial charge in [0.05, 0.1) is 34.1 Å². The van der Waals surface area contributed by atoms with Gasteiger partial charge in [0.2, 0.25) is 6.41 Å². The molecule has 1 atom stereocenters. The van der Waals surface area contributed by atoms with Gasteiger partial charge in [-0.3, -0.25) is 4.79 Å². The van der Waals surface area contributed by atoms with Crippen molar-refractivity contribution in [3.8, 4) is 0 Å². The highest BCUT2D eigenvalue weighted by Gasteiger charge is 2.43. The first kappa shape index (κ1) is 28.8. The summed E-state index contributed by atoms with van der Waals surface area (Å²) in [5.74, 6) is 0.788. The smallest absolute Gasteiger partial charge is 0.278 e. The molecule has 2 aromatic carbocycles. The van der Waals surface area contributed by atoms with Crippen LogP contribution in [0.3, 0.4) is 0 Å². The van der Waals surface area contributed by atoms with E-state index in [0.717, 1.165) is 47.2 Å². The Hall–Kier alpha value is -2.73. The van der Waals surface area contributed by atoms with Crippen LogP contribution in [-0.4, -0.2) is 41.7 Å². The number of benzene rings is 2. The van der Waals surface area contributed by atoms with E-state index in [1.165, 1.54) is 6.07 Å². The standard InChI is InChI=1S/C24H22ClF6N3O2S/c1-22(10-3-11-37-2)13-34(32-20(22)15-4-9-18(19(25)12-15)24(29,30)31)21(36)33(14-35)17-7-5-16(6-8-17)23(26,27)28/h4-9,12,14H,3,10-11,13H2,1-2H3.